The van der Waals surface area contributed by atoms with E-state index >= 15 is 0 Å². The Morgan fingerprint density at radius 2 is 1.90 bits per heavy atom. The molecular formula is C17H26N2O. The molecule has 1 aliphatic heterocycles. The van der Waals surface area contributed by atoms with Crippen LogP contribution in [-0.2, 0) is 11.2 Å². The van der Waals surface area contributed by atoms with E-state index < -0.39 is 0 Å². The number of carbonyl (C=O) groups excluding carboxylic acids is 1. The average Bonchev–Trinajstić information content (AvgIpc) is 2.77. The highest BCUT2D eigenvalue weighted by atomic mass is 16.2. The Balaban J connectivity index is 2.10. The molecule has 0 aliphatic carbocycles. The standard InChI is InChI=1S/C17H26N2O/c1-5-13-6-8-14(9-7-13)16-18-12-15(20)19(16)11-10-17(2,3)4/h6-9,16,18H,5,10-12H2,1-4H3. The Morgan fingerprint density at radius 1 is 1.25 bits per heavy atom. The molecule has 1 atom stereocenters. The van der Waals surface area contributed by atoms with Crippen molar-refractivity contribution in [3.63, 3.8) is 0 Å². The lowest BCUT2D eigenvalue weighted by atomic mass is 9.92. The molecule has 20 heavy (non-hydrogen) atoms. The number of aryl methyl sites for hydroxylation is 1. The summed E-state index contributed by atoms with van der Waals surface area (Å²) in [6.07, 6.45) is 2.10. The number of rotatable bonds is 4. The summed E-state index contributed by atoms with van der Waals surface area (Å²) < 4.78 is 0. The summed E-state index contributed by atoms with van der Waals surface area (Å²) in [5.74, 6) is 0.207. The van der Waals surface area contributed by atoms with E-state index in [-0.39, 0.29) is 17.5 Å². The van der Waals surface area contributed by atoms with Crippen LogP contribution < -0.4 is 5.32 Å². The molecule has 1 N–H and O–H groups in total. The highest BCUT2D eigenvalue weighted by Gasteiger charge is 2.31. The topological polar surface area (TPSA) is 32.3 Å². The van der Waals surface area contributed by atoms with Crippen molar-refractivity contribution >= 4 is 5.91 Å². The van der Waals surface area contributed by atoms with E-state index in [4.69, 9.17) is 0 Å². The van der Waals surface area contributed by atoms with Gasteiger partial charge in [0.15, 0.2) is 0 Å². The lowest BCUT2D eigenvalue weighted by Gasteiger charge is -2.28. The minimum Gasteiger partial charge on any atom is -0.322 e. The molecule has 1 aromatic carbocycles. The molecule has 1 aliphatic rings. The SMILES string of the molecule is CCc1ccc(C2NCC(=O)N2CCC(C)(C)C)cc1. The number of hydrogen-bond acceptors (Lipinski definition) is 2. The summed E-state index contributed by atoms with van der Waals surface area (Å²) in [6, 6.07) is 8.59. The Kier molecular flexibility index (Phi) is 4.48. The van der Waals surface area contributed by atoms with Gasteiger partial charge in [-0.3, -0.25) is 10.1 Å². The van der Waals surface area contributed by atoms with E-state index in [2.05, 4.69) is 57.3 Å². The van der Waals surface area contributed by atoms with Crippen LogP contribution in [0.1, 0.15) is 51.4 Å². The van der Waals surface area contributed by atoms with Gasteiger partial charge in [0, 0.05) is 6.54 Å². The second kappa shape index (κ2) is 5.96. The summed E-state index contributed by atoms with van der Waals surface area (Å²) in [5, 5.41) is 3.32. The molecule has 2 rings (SSSR count). The van der Waals surface area contributed by atoms with Crippen molar-refractivity contribution in [3.05, 3.63) is 35.4 Å². The number of nitrogens with one attached hydrogen (secondary N) is 1. The number of benzene rings is 1. The molecule has 1 saturated heterocycles. The van der Waals surface area contributed by atoms with Gasteiger partial charge in [0.2, 0.25) is 5.91 Å². The monoisotopic (exact) mass is 274 g/mol. The molecule has 110 valence electrons. The lowest BCUT2D eigenvalue weighted by molar-refractivity contribution is -0.128. The summed E-state index contributed by atoms with van der Waals surface area (Å²) in [7, 11) is 0. The largest absolute Gasteiger partial charge is 0.322 e. The lowest BCUT2D eigenvalue weighted by Crippen LogP contribution is -2.33. The number of nitrogens with zero attached hydrogens (tertiary/aromatic N) is 1. The quantitative estimate of drug-likeness (QED) is 0.915. The van der Waals surface area contributed by atoms with Crippen LogP contribution in [0.5, 0.6) is 0 Å². The van der Waals surface area contributed by atoms with Crippen molar-refractivity contribution in [1.82, 2.24) is 10.2 Å². The Bertz CT molecular complexity index is 459. The second-order valence-electron chi connectivity index (χ2n) is 6.78. The molecule has 0 spiro atoms. The average molecular weight is 274 g/mol. The molecule has 3 nitrogen and oxygen atoms in total. The minimum atomic E-state index is 0.0377. The first-order valence-corrected chi connectivity index (χ1v) is 7.52. The molecule has 1 heterocycles. The van der Waals surface area contributed by atoms with Gasteiger partial charge >= 0.3 is 0 Å². The van der Waals surface area contributed by atoms with Gasteiger partial charge in [0.05, 0.1) is 6.54 Å². The summed E-state index contributed by atoms with van der Waals surface area (Å²) in [4.78, 5) is 14.0. The Morgan fingerprint density at radius 3 is 2.45 bits per heavy atom. The third-order valence-electron chi connectivity index (χ3n) is 3.89. The normalized spacial score (nSPS) is 19.7. The molecule has 0 bridgehead atoms. The Labute approximate surface area is 122 Å². The molecule has 3 heteroatoms. The van der Waals surface area contributed by atoms with Crippen molar-refractivity contribution in [2.24, 2.45) is 5.41 Å². The first kappa shape index (κ1) is 15.0. The number of hydrogen-bond donors (Lipinski definition) is 1. The smallest absolute Gasteiger partial charge is 0.238 e. The van der Waals surface area contributed by atoms with Crippen molar-refractivity contribution in [2.45, 2.75) is 46.7 Å². The molecular weight excluding hydrogens is 248 g/mol. The van der Waals surface area contributed by atoms with Crippen LogP contribution in [0.15, 0.2) is 24.3 Å². The zero-order chi connectivity index (χ0) is 14.8. The van der Waals surface area contributed by atoms with Crippen molar-refractivity contribution in [1.29, 1.82) is 0 Å². The first-order valence-electron chi connectivity index (χ1n) is 7.52. The predicted molar refractivity (Wildman–Crippen MR) is 82.3 cm³/mol. The van der Waals surface area contributed by atoms with Crippen LogP contribution in [0, 0.1) is 5.41 Å². The maximum absolute atomic E-state index is 12.1. The van der Waals surface area contributed by atoms with Gasteiger partial charge < -0.3 is 4.90 Å². The molecule has 1 unspecified atom stereocenters. The molecule has 1 aromatic rings. The molecule has 0 aromatic heterocycles. The first-order chi connectivity index (χ1) is 9.40. The summed E-state index contributed by atoms with van der Waals surface area (Å²) in [6.45, 7) is 10.1. The predicted octanol–water partition coefficient (Wildman–Crippen LogP) is 3.12. The highest BCUT2D eigenvalue weighted by molar-refractivity contribution is 5.80. The zero-order valence-electron chi connectivity index (χ0n) is 13.1. The fraction of sp³-hybridized carbons (Fsp3) is 0.588. The van der Waals surface area contributed by atoms with E-state index in [9.17, 15) is 4.79 Å². The number of carbonyl (C=O) groups is 1. The van der Waals surface area contributed by atoms with Crippen molar-refractivity contribution < 1.29 is 4.79 Å². The fourth-order valence-electron chi connectivity index (χ4n) is 2.48. The van der Waals surface area contributed by atoms with Crippen LogP contribution in [0.4, 0.5) is 0 Å². The fourth-order valence-corrected chi connectivity index (χ4v) is 2.48. The molecule has 1 fully saturated rings. The molecule has 0 saturated carbocycles. The van der Waals surface area contributed by atoms with E-state index in [1.54, 1.807) is 0 Å². The third kappa shape index (κ3) is 3.60. The maximum Gasteiger partial charge on any atom is 0.238 e. The van der Waals surface area contributed by atoms with Crippen molar-refractivity contribution in [3.8, 4) is 0 Å². The molecule has 1 amide bonds. The second-order valence-corrected chi connectivity index (χ2v) is 6.78. The van der Waals surface area contributed by atoms with Crippen LogP contribution in [0.25, 0.3) is 0 Å². The summed E-state index contributed by atoms with van der Waals surface area (Å²) in [5.41, 5.74) is 2.76. The van der Waals surface area contributed by atoms with Crippen LogP contribution in [0.3, 0.4) is 0 Å². The van der Waals surface area contributed by atoms with Gasteiger partial charge in [-0.25, -0.2) is 0 Å². The van der Waals surface area contributed by atoms with Gasteiger partial charge in [-0.15, -0.1) is 0 Å². The highest BCUT2D eigenvalue weighted by Crippen LogP contribution is 2.26. The van der Waals surface area contributed by atoms with Gasteiger partial charge in [0.25, 0.3) is 0 Å². The number of amides is 1. The van der Waals surface area contributed by atoms with E-state index in [0.717, 1.165) is 19.4 Å². The van der Waals surface area contributed by atoms with Gasteiger partial charge in [0.1, 0.15) is 6.17 Å². The zero-order valence-corrected chi connectivity index (χ0v) is 13.1. The van der Waals surface area contributed by atoms with Gasteiger partial charge in [-0.1, -0.05) is 52.0 Å². The van der Waals surface area contributed by atoms with E-state index in [1.807, 2.05) is 4.90 Å². The summed E-state index contributed by atoms with van der Waals surface area (Å²) >= 11 is 0. The Hall–Kier alpha value is -1.35. The van der Waals surface area contributed by atoms with Crippen LogP contribution in [0.2, 0.25) is 0 Å². The van der Waals surface area contributed by atoms with Gasteiger partial charge in [-0.2, -0.15) is 0 Å². The van der Waals surface area contributed by atoms with E-state index in [1.165, 1.54) is 11.1 Å². The van der Waals surface area contributed by atoms with Crippen molar-refractivity contribution in [2.75, 3.05) is 13.1 Å². The minimum absolute atomic E-state index is 0.0377. The third-order valence-corrected chi connectivity index (χ3v) is 3.89. The van der Waals surface area contributed by atoms with E-state index in [0.29, 0.717) is 6.54 Å². The van der Waals surface area contributed by atoms with Crippen LogP contribution >= 0.6 is 0 Å². The maximum atomic E-state index is 12.1. The van der Waals surface area contributed by atoms with Gasteiger partial charge in [-0.05, 0) is 29.4 Å². The molecule has 0 radical (unpaired) electrons. The van der Waals surface area contributed by atoms with Crippen LogP contribution in [-0.4, -0.2) is 23.9 Å².